The number of hydrogen-bond acceptors (Lipinski definition) is 6. The molecular weight excluding hydrogens is 396 g/mol. The third-order valence-corrected chi connectivity index (χ3v) is 4.93. The van der Waals surface area contributed by atoms with Crippen LogP contribution in [-0.4, -0.2) is 46.3 Å². The van der Waals surface area contributed by atoms with Crippen LogP contribution in [0.4, 0.5) is 11.4 Å². The number of carbonyl (C=O) groups is 2. The van der Waals surface area contributed by atoms with Gasteiger partial charge in [0, 0.05) is 5.69 Å². The fourth-order valence-corrected chi connectivity index (χ4v) is 3.42. The van der Waals surface area contributed by atoms with E-state index >= 15 is 0 Å². The molecule has 0 aliphatic carbocycles. The van der Waals surface area contributed by atoms with Crippen LogP contribution < -0.4 is 14.4 Å². The highest BCUT2D eigenvalue weighted by atomic mass is 32.2. The SMILES string of the molecule is CCOC(=O)c1ccc(NC(=O)CN(c2ccccc2OCC)S(C)(=O)=O)cc1. The molecule has 29 heavy (non-hydrogen) atoms. The van der Waals surface area contributed by atoms with Crippen molar-refractivity contribution >= 4 is 33.3 Å². The van der Waals surface area contributed by atoms with E-state index in [2.05, 4.69) is 5.32 Å². The van der Waals surface area contributed by atoms with Crippen LogP contribution in [0, 0.1) is 0 Å². The van der Waals surface area contributed by atoms with Crippen LogP contribution in [0.1, 0.15) is 24.2 Å². The third-order valence-electron chi connectivity index (χ3n) is 3.80. The predicted molar refractivity (Wildman–Crippen MR) is 111 cm³/mol. The summed E-state index contributed by atoms with van der Waals surface area (Å²) in [5, 5.41) is 2.63. The zero-order valence-corrected chi connectivity index (χ0v) is 17.4. The van der Waals surface area contributed by atoms with Crippen molar-refractivity contribution in [3.05, 3.63) is 54.1 Å². The van der Waals surface area contributed by atoms with Crippen molar-refractivity contribution in [3.8, 4) is 5.75 Å². The van der Waals surface area contributed by atoms with Crippen LogP contribution in [0.15, 0.2) is 48.5 Å². The molecule has 0 saturated heterocycles. The zero-order valence-electron chi connectivity index (χ0n) is 16.5. The van der Waals surface area contributed by atoms with Crippen LogP contribution in [0.2, 0.25) is 0 Å². The molecule has 0 aliphatic heterocycles. The lowest BCUT2D eigenvalue weighted by atomic mass is 10.2. The van der Waals surface area contributed by atoms with Gasteiger partial charge in [-0.25, -0.2) is 13.2 Å². The number of para-hydroxylation sites is 2. The van der Waals surface area contributed by atoms with Crippen LogP contribution in [-0.2, 0) is 19.6 Å². The summed E-state index contributed by atoms with van der Waals surface area (Å²) in [6.07, 6.45) is 1.02. The summed E-state index contributed by atoms with van der Waals surface area (Å²) in [5.41, 5.74) is 1.06. The molecule has 1 amide bonds. The van der Waals surface area contributed by atoms with Crippen molar-refractivity contribution in [2.45, 2.75) is 13.8 Å². The van der Waals surface area contributed by atoms with E-state index in [0.29, 0.717) is 23.6 Å². The van der Waals surface area contributed by atoms with Gasteiger partial charge in [0.25, 0.3) is 0 Å². The van der Waals surface area contributed by atoms with Gasteiger partial charge in [-0.3, -0.25) is 9.10 Å². The van der Waals surface area contributed by atoms with Crippen molar-refractivity contribution in [2.24, 2.45) is 0 Å². The first-order valence-electron chi connectivity index (χ1n) is 9.02. The Morgan fingerprint density at radius 3 is 2.24 bits per heavy atom. The van der Waals surface area contributed by atoms with Crippen LogP contribution in [0.25, 0.3) is 0 Å². The molecule has 0 aromatic heterocycles. The van der Waals surface area contributed by atoms with Gasteiger partial charge in [-0.1, -0.05) is 12.1 Å². The number of esters is 1. The largest absolute Gasteiger partial charge is 0.492 e. The molecule has 1 N–H and O–H groups in total. The van der Waals surface area contributed by atoms with E-state index in [0.717, 1.165) is 10.6 Å². The Hall–Kier alpha value is -3.07. The molecule has 0 spiro atoms. The van der Waals surface area contributed by atoms with Gasteiger partial charge in [-0.05, 0) is 50.2 Å². The van der Waals surface area contributed by atoms with Crippen LogP contribution in [0.5, 0.6) is 5.75 Å². The van der Waals surface area contributed by atoms with Crippen LogP contribution in [0.3, 0.4) is 0 Å². The molecule has 0 heterocycles. The Bertz CT molecular complexity index is 957. The van der Waals surface area contributed by atoms with E-state index in [-0.39, 0.29) is 12.3 Å². The number of sulfonamides is 1. The summed E-state index contributed by atoms with van der Waals surface area (Å²) in [7, 11) is -3.74. The van der Waals surface area contributed by atoms with Crippen molar-refractivity contribution in [1.29, 1.82) is 0 Å². The summed E-state index contributed by atoms with van der Waals surface area (Å²) in [6.45, 7) is 3.69. The Morgan fingerprint density at radius 2 is 1.66 bits per heavy atom. The summed E-state index contributed by atoms with van der Waals surface area (Å²) >= 11 is 0. The molecule has 2 aromatic rings. The Morgan fingerprint density at radius 1 is 1.00 bits per heavy atom. The number of rotatable bonds is 9. The lowest BCUT2D eigenvalue weighted by molar-refractivity contribution is -0.114. The average molecular weight is 420 g/mol. The Labute approximate surface area is 170 Å². The van der Waals surface area contributed by atoms with Crippen molar-refractivity contribution in [3.63, 3.8) is 0 Å². The maximum absolute atomic E-state index is 12.5. The smallest absolute Gasteiger partial charge is 0.338 e. The highest BCUT2D eigenvalue weighted by Crippen LogP contribution is 2.29. The molecule has 2 aromatic carbocycles. The second-order valence-electron chi connectivity index (χ2n) is 6.02. The van der Waals surface area contributed by atoms with Crippen LogP contribution >= 0.6 is 0 Å². The first kappa shape index (κ1) is 22.2. The standard InChI is InChI=1S/C20H24N2O6S/c1-4-27-18-9-7-6-8-17(18)22(29(3,25)26)14-19(23)21-16-12-10-15(11-13-16)20(24)28-5-2/h6-13H,4-5,14H2,1-3H3,(H,21,23). The van der Waals surface area contributed by atoms with Gasteiger partial charge in [0.2, 0.25) is 15.9 Å². The molecule has 0 bridgehead atoms. The molecule has 0 atom stereocenters. The van der Waals surface area contributed by atoms with Gasteiger partial charge in [-0.2, -0.15) is 0 Å². The van der Waals surface area contributed by atoms with Gasteiger partial charge in [-0.15, -0.1) is 0 Å². The number of benzene rings is 2. The second kappa shape index (κ2) is 9.92. The molecule has 0 unspecified atom stereocenters. The zero-order chi connectivity index (χ0) is 21.4. The first-order valence-corrected chi connectivity index (χ1v) is 10.9. The number of amides is 1. The first-order chi connectivity index (χ1) is 13.8. The Kier molecular flexibility index (Phi) is 7.60. The van der Waals surface area contributed by atoms with Crippen molar-refractivity contribution in [1.82, 2.24) is 0 Å². The fourth-order valence-electron chi connectivity index (χ4n) is 2.56. The van der Waals surface area contributed by atoms with Gasteiger partial charge in [0.1, 0.15) is 12.3 Å². The summed E-state index contributed by atoms with van der Waals surface area (Å²) in [5.74, 6) is -0.626. The number of nitrogens with zero attached hydrogens (tertiary/aromatic N) is 1. The molecule has 0 saturated carbocycles. The minimum absolute atomic E-state index is 0.266. The molecule has 9 heteroatoms. The normalized spacial score (nSPS) is 10.9. The summed E-state index contributed by atoms with van der Waals surface area (Å²) < 4.78 is 36.0. The van der Waals surface area contributed by atoms with Crippen molar-refractivity contribution < 1.29 is 27.5 Å². The van der Waals surface area contributed by atoms with E-state index < -0.39 is 28.4 Å². The number of nitrogens with one attached hydrogen (secondary N) is 1. The molecule has 0 radical (unpaired) electrons. The fraction of sp³-hybridized carbons (Fsp3) is 0.300. The maximum atomic E-state index is 12.5. The highest BCUT2D eigenvalue weighted by molar-refractivity contribution is 7.92. The number of ether oxygens (including phenoxy) is 2. The average Bonchev–Trinajstić information content (AvgIpc) is 2.67. The van der Waals surface area contributed by atoms with Gasteiger partial charge < -0.3 is 14.8 Å². The van der Waals surface area contributed by atoms with Gasteiger partial charge in [0.15, 0.2) is 0 Å². The van der Waals surface area contributed by atoms with Gasteiger partial charge in [0.05, 0.1) is 30.7 Å². The minimum atomic E-state index is -3.74. The predicted octanol–water partition coefficient (Wildman–Crippen LogP) is 2.67. The summed E-state index contributed by atoms with van der Waals surface area (Å²) in [6, 6.07) is 12.7. The van der Waals surface area contributed by atoms with E-state index in [1.165, 1.54) is 12.1 Å². The van der Waals surface area contributed by atoms with E-state index in [1.54, 1.807) is 50.2 Å². The maximum Gasteiger partial charge on any atom is 0.338 e. The molecule has 0 fully saturated rings. The molecule has 156 valence electrons. The quantitative estimate of drug-likeness (QED) is 0.626. The van der Waals surface area contributed by atoms with Gasteiger partial charge >= 0.3 is 5.97 Å². The van der Waals surface area contributed by atoms with E-state index in [1.807, 2.05) is 0 Å². The molecular formula is C20H24N2O6S. The third kappa shape index (κ3) is 6.21. The number of anilines is 2. The second-order valence-corrected chi connectivity index (χ2v) is 7.92. The topological polar surface area (TPSA) is 102 Å². The minimum Gasteiger partial charge on any atom is -0.492 e. The number of carbonyl (C=O) groups excluding carboxylic acids is 2. The molecule has 8 nitrogen and oxygen atoms in total. The lowest BCUT2D eigenvalue weighted by Crippen LogP contribution is -2.37. The molecule has 2 rings (SSSR count). The van der Waals surface area contributed by atoms with E-state index in [9.17, 15) is 18.0 Å². The lowest BCUT2D eigenvalue weighted by Gasteiger charge is -2.24. The molecule has 0 aliphatic rings. The van der Waals surface area contributed by atoms with E-state index in [4.69, 9.17) is 9.47 Å². The highest BCUT2D eigenvalue weighted by Gasteiger charge is 2.24. The Balaban J connectivity index is 2.17. The monoisotopic (exact) mass is 420 g/mol. The van der Waals surface area contributed by atoms with Crippen molar-refractivity contribution in [2.75, 3.05) is 35.6 Å². The summed E-state index contributed by atoms with van der Waals surface area (Å²) in [4.78, 5) is 24.2. The number of hydrogen-bond donors (Lipinski definition) is 1.